The Kier molecular flexibility index (Phi) is 5.25. The second-order valence-electron chi connectivity index (χ2n) is 5.29. The number of imidazole rings is 1. The Morgan fingerprint density at radius 1 is 1.15 bits per heavy atom. The van der Waals surface area contributed by atoms with Crippen LogP contribution in [0.3, 0.4) is 0 Å². The van der Waals surface area contributed by atoms with Crippen molar-refractivity contribution in [3.05, 3.63) is 76.8 Å². The summed E-state index contributed by atoms with van der Waals surface area (Å²) in [7, 11) is 0. The number of nitrogens with one attached hydrogen (secondary N) is 2. The number of aromatic nitrogens is 2. The molecule has 0 aliphatic carbocycles. The molecule has 0 bridgehead atoms. The molecule has 0 atom stereocenters. The molecule has 0 fully saturated rings. The van der Waals surface area contributed by atoms with Crippen molar-refractivity contribution < 1.29 is 9.59 Å². The molecule has 2 amide bonds. The minimum atomic E-state index is -0.499. The summed E-state index contributed by atoms with van der Waals surface area (Å²) in [5.41, 5.74) is 0.955. The number of fused-ring (bicyclic) bond motifs is 1. The molecule has 2 aromatic heterocycles. The Hall–Kier alpha value is -2.83. The summed E-state index contributed by atoms with van der Waals surface area (Å²) in [6.45, 7) is 3.85. The number of carbonyl (C=O) groups excluding carboxylic acids is 2. The Labute approximate surface area is 159 Å². The van der Waals surface area contributed by atoms with E-state index in [2.05, 4.69) is 22.2 Å². The molecule has 8 heteroatoms. The molecule has 132 valence electrons. The summed E-state index contributed by atoms with van der Waals surface area (Å²) < 4.78 is 1.55. The zero-order valence-corrected chi connectivity index (χ0v) is 15.0. The Bertz CT molecular complexity index is 1010. The third kappa shape index (κ3) is 3.42. The number of nitrogens with zero attached hydrogens (tertiary/aromatic N) is 2. The van der Waals surface area contributed by atoms with Gasteiger partial charge in [-0.3, -0.25) is 14.0 Å². The number of halogens is 2. The monoisotopic (exact) mass is 388 g/mol. The van der Waals surface area contributed by atoms with Crippen LogP contribution in [0.2, 0.25) is 10.0 Å². The summed E-state index contributed by atoms with van der Waals surface area (Å²) in [5, 5.41) is 5.88. The second-order valence-corrected chi connectivity index (χ2v) is 6.08. The molecule has 0 saturated heterocycles. The van der Waals surface area contributed by atoms with Crippen LogP contribution in [0.4, 0.5) is 5.69 Å². The number of benzene rings is 1. The predicted molar refractivity (Wildman–Crippen MR) is 102 cm³/mol. The lowest BCUT2D eigenvalue weighted by Crippen LogP contribution is -2.25. The Balaban J connectivity index is 1.99. The first-order chi connectivity index (χ1) is 12.5. The van der Waals surface area contributed by atoms with Crippen molar-refractivity contribution >= 4 is 46.2 Å². The van der Waals surface area contributed by atoms with Crippen molar-refractivity contribution in [1.82, 2.24) is 14.7 Å². The van der Waals surface area contributed by atoms with E-state index in [1.807, 2.05) is 0 Å². The molecule has 0 spiro atoms. The van der Waals surface area contributed by atoms with Crippen LogP contribution >= 0.6 is 23.2 Å². The van der Waals surface area contributed by atoms with Crippen molar-refractivity contribution in [1.29, 1.82) is 0 Å². The van der Waals surface area contributed by atoms with E-state index in [9.17, 15) is 9.59 Å². The molecule has 0 radical (unpaired) electrons. The van der Waals surface area contributed by atoms with Crippen LogP contribution in [0.1, 0.15) is 21.1 Å². The fourth-order valence-corrected chi connectivity index (χ4v) is 2.74. The second kappa shape index (κ2) is 7.59. The number of anilines is 1. The molecule has 0 unspecified atom stereocenters. The SMILES string of the molecule is C=CCNC(=O)c1nc(C(=O)Nc2cccc(Cl)c2Cl)c2ccccn12. The Morgan fingerprint density at radius 2 is 1.96 bits per heavy atom. The maximum Gasteiger partial charge on any atom is 0.287 e. The van der Waals surface area contributed by atoms with Crippen molar-refractivity contribution in [2.24, 2.45) is 0 Å². The summed E-state index contributed by atoms with van der Waals surface area (Å²) in [4.78, 5) is 29.2. The molecule has 3 aromatic rings. The molecule has 0 aliphatic heterocycles. The number of hydrogen-bond donors (Lipinski definition) is 2. The Morgan fingerprint density at radius 3 is 2.73 bits per heavy atom. The molecule has 0 aliphatic rings. The fraction of sp³-hybridized carbons (Fsp3) is 0.0556. The van der Waals surface area contributed by atoms with Gasteiger partial charge in [0.1, 0.15) is 0 Å². The van der Waals surface area contributed by atoms with Crippen LogP contribution in [-0.2, 0) is 0 Å². The quantitative estimate of drug-likeness (QED) is 0.652. The lowest BCUT2D eigenvalue weighted by molar-refractivity contribution is 0.0947. The van der Waals surface area contributed by atoms with E-state index in [0.29, 0.717) is 22.8 Å². The molecular formula is C18H14Cl2N4O2. The van der Waals surface area contributed by atoms with Gasteiger partial charge in [0.25, 0.3) is 11.8 Å². The van der Waals surface area contributed by atoms with E-state index < -0.39 is 11.8 Å². The van der Waals surface area contributed by atoms with Crippen molar-refractivity contribution in [3.8, 4) is 0 Å². The highest BCUT2D eigenvalue weighted by Crippen LogP contribution is 2.30. The van der Waals surface area contributed by atoms with Crippen LogP contribution < -0.4 is 10.6 Å². The highest BCUT2D eigenvalue weighted by Gasteiger charge is 2.21. The number of amides is 2. The van der Waals surface area contributed by atoms with Crippen LogP contribution in [-0.4, -0.2) is 27.7 Å². The van der Waals surface area contributed by atoms with Gasteiger partial charge >= 0.3 is 0 Å². The zero-order valence-electron chi connectivity index (χ0n) is 13.5. The lowest BCUT2D eigenvalue weighted by atomic mass is 10.3. The first-order valence-corrected chi connectivity index (χ1v) is 8.40. The molecule has 1 aromatic carbocycles. The van der Waals surface area contributed by atoms with Gasteiger partial charge in [-0.2, -0.15) is 0 Å². The van der Waals surface area contributed by atoms with Crippen molar-refractivity contribution in [2.45, 2.75) is 0 Å². The molecule has 6 nitrogen and oxygen atoms in total. The minimum Gasteiger partial charge on any atom is -0.346 e. The third-order valence-corrected chi connectivity index (χ3v) is 4.39. The summed E-state index contributed by atoms with van der Waals surface area (Å²) >= 11 is 12.1. The van der Waals surface area contributed by atoms with E-state index >= 15 is 0 Å². The highest BCUT2D eigenvalue weighted by atomic mass is 35.5. The number of rotatable bonds is 5. The van der Waals surface area contributed by atoms with Gasteiger partial charge in [-0.05, 0) is 24.3 Å². The molecule has 3 rings (SSSR count). The molecule has 0 saturated carbocycles. The number of hydrogen-bond acceptors (Lipinski definition) is 3. The summed E-state index contributed by atoms with van der Waals surface area (Å²) in [5.74, 6) is -0.809. The van der Waals surface area contributed by atoms with Crippen LogP contribution in [0, 0.1) is 0 Å². The van der Waals surface area contributed by atoms with Gasteiger partial charge in [0.15, 0.2) is 5.69 Å². The largest absolute Gasteiger partial charge is 0.346 e. The van der Waals surface area contributed by atoms with Gasteiger partial charge in [0.05, 0.1) is 21.2 Å². The van der Waals surface area contributed by atoms with E-state index in [0.717, 1.165) is 0 Å². The summed E-state index contributed by atoms with van der Waals surface area (Å²) in [6.07, 6.45) is 3.22. The molecule has 26 heavy (non-hydrogen) atoms. The maximum atomic E-state index is 12.7. The van der Waals surface area contributed by atoms with Gasteiger partial charge in [-0.15, -0.1) is 6.58 Å². The van der Waals surface area contributed by atoms with Crippen molar-refractivity contribution in [2.75, 3.05) is 11.9 Å². The van der Waals surface area contributed by atoms with E-state index in [1.54, 1.807) is 53.1 Å². The molecule has 2 heterocycles. The average Bonchev–Trinajstić information content (AvgIpc) is 3.03. The smallest absolute Gasteiger partial charge is 0.287 e. The standard InChI is InChI=1S/C18H14Cl2N4O2/c1-2-9-21-18(26)16-23-15(13-8-3-4-10-24(13)16)17(25)22-12-7-5-6-11(19)14(12)20/h2-8,10H,1,9H2,(H,21,26)(H,22,25). The average molecular weight is 389 g/mol. The topological polar surface area (TPSA) is 75.5 Å². The molecular weight excluding hydrogens is 375 g/mol. The van der Waals surface area contributed by atoms with Gasteiger partial charge in [0, 0.05) is 12.7 Å². The number of carbonyl (C=O) groups is 2. The first-order valence-electron chi connectivity index (χ1n) is 7.64. The normalized spacial score (nSPS) is 10.5. The van der Waals surface area contributed by atoms with Gasteiger partial charge in [-0.25, -0.2) is 4.98 Å². The van der Waals surface area contributed by atoms with E-state index in [1.165, 1.54) is 0 Å². The third-order valence-electron chi connectivity index (χ3n) is 3.57. The van der Waals surface area contributed by atoms with E-state index in [4.69, 9.17) is 23.2 Å². The maximum absolute atomic E-state index is 12.7. The molecule has 2 N–H and O–H groups in total. The van der Waals surface area contributed by atoms with Gasteiger partial charge < -0.3 is 10.6 Å². The van der Waals surface area contributed by atoms with Crippen LogP contribution in [0.25, 0.3) is 5.52 Å². The van der Waals surface area contributed by atoms with E-state index in [-0.39, 0.29) is 16.5 Å². The van der Waals surface area contributed by atoms with Crippen LogP contribution in [0.15, 0.2) is 55.3 Å². The summed E-state index contributed by atoms with van der Waals surface area (Å²) in [6, 6.07) is 10.1. The van der Waals surface area contributed by atoms with Gasteiger partial charge in [0.2, 0.25) is 5.82 Å². The minimum absolute atomic E-state index is 0.102. The first kappa shape index (κ1) is 18.0. The van der Waals surface area contributed by atoms with Crippen molar-refractivity contribution in [3.63, 3.8) is 0 Å². The predicted octanol–water partition coefficient (Wildman–Crippen LogP) is 3.81. The zero-order chi connectivity index (χ0) is 18.7. The van der Waals surface area contributed by atoms with Crippen LogP contribution in [0.5, 0.6) is 0 Å². The van der Waals surface area contributed by atoms with Gasteiger partial charge in [-0.1, -0.05) is 41.4 Å². The number of pyridine rings is 1. The fourth-order valence-electron chi connectivity index (χ4n) is 2.39. The lowest BCUT2D eigenvalue weighted by Gasteiger charge is -2.07. The highest BCUT2D eigenvalue weighted by molar-refractivity contribution is 6.44.